The van der Waals surface area contributed by atoms with E-state index < -0.39 is 0 Å². The van der Waals surface area contributed by atoms with E-state index in [2.05, 4.69) is 10.1 Å². The molecule has 0 aliphatic heterocycles. The Morgan fingerprint density at radius 3 is 2.70 bits per heavy atom. The van der Waals surface area contributed by atoms with Gasteiger partial charge in [0.1, 0.15) is 0 Å². The molecule has 0 atom stereocenters. The van der Waals surface area contributed by atoms with Crippen molar-refractivity contribution in [1.29, 1.82) is 0 Å². The maximum Gasteiger partial charge on any atom is 0.201 e. The highest BCUT2D eigenvalue weighted by Gasteiger charge is 2.11. The zero-order chi connectivity index (χ0) is 14.3. The van der Waals surface area contributed by atoms with Crippen LogP contribution in [0.3, 0.4) is 0 Å². The molecule has 2 N–H and O–H groups in total. The summed E-state index contributed by atoms with van der Waals surface area (Å²) in [4.78, 5) is 4.31. The lowest BCUT2D eigenvalue weighted by molar-refractivity contribution is 0.651. The summed E-state index contributed by atoms with van der Waals surface area (Å²) in [5.74, 6) is 0.459. The highest BCUT2D eigenvalue weighted by atomic mass is 35.5. The summed E-state index contributed by atoms with van der Waals surface area (Å²) in [6.07, 6.45) is 2.59. The molecular formula is C13H13Cl2N5. The third-order valence-corrected chi connectivity index (χ3v) is 4.06. The molecule has 3 rings (SSSR count). The fourth-order valence-corrected chi connectivity index (χ4v) is 2.56. The molecule has 0 saturated heterocycles. The van der Waals surface area contributed by atoms with Crippen molar-refractivity contribution in [3.05, 3.63) is 40.1 Å². The molecule has 0 aliphatic carbocycles. The van der Waals surface area contributed by atoms with Gasteiger partial charge in [0.25, 0.3) is 0 Å². The molecule has 0 radical (unpaired) electrons. The summed E-state index contributed by atoms with van der Waals surface area (Å²) in [6.45, 7) is 0.708. The van der Waals surface area contributed by atoms with E-state index in [1.165, 1.54) is 0 Å². The Labute approximate surface area is 125 Å². The van der Waals surface area contributed by atoms with Crippen LogP contribution in [0.1, 0.15) is 5.69 Å². The molecule has 0 saturated carbocycles. The van der Waals surface area contributed by atoms with Crippen molar-refractivity contribution in [2.75, 3.05) is 5.73 Å². The molecule has 0 amide bonds. The number of aromatic nitrogens is 4. The van der Waals surface area contributed by atoms with Crippen LogP contribution in [0.25, 0.3) is 11.0 Å². The Bertz CT molecular complexity index is 775. The van der Waals surface area contributed by atoms with Gasteiger partial charge in [-0.2, -0.15) is 5.10 Å². The van der Waals surface area contributed by atoms with Crippen molar-refractivity contribution < 1.29 is 0 Å². The van der Waals surface area contributed by atoms with Gasteiger partial charge >= 0.3 is 0 Å². The number of nitrogen functional groups attached to an aromatic ring is 1. The lowest BCUT2D eigenvalue weighted by atomic mass is 10.3. The van der Waals surface area contributed by atoms with Gasteiger partial charge in [-0.3, -0.25) is 4.68 Å². The molecular weight excluding hydrogens is 297 g/mol. The predicted molar refractivity (Wildman–Crippen MR) is 81.1 cm³/mol. The van der Waals surface area contributed by atoms with E-state index in [-0.39, 0.29) is 0 Å². The van der Waals surface area contributed by atoms with Crippen molar-refractivity contribution in [2.45, 2.75) is 13.0 Å². The van der Waals surface area contributed by atoms with Crippen LogP contribution in [0.2, 0.25) is 10.0 Å². The first-order chi connectivity index (χ1) is 9.56. The zero-order valence-corrected chi connectivity index (χ0v) is 12.4. The van der Waals surface area contributed by atoms with E-state index in [0.717, 1.165) is 23.1 Å². The summed E-state index contributed by atoms with van der Waals surface area (Å²) in [6, 6.07) is 5.52. The van der Waals surface area contributed by atoms with Gasteiger partial charge in [0, 0.05) is 31.9 Å². The third kappa shape index (κ3) is 2.23. The zero-order valence-electron chi connectivity index (χ0n) is 10.8. The quantitative estimate of drug-likeness (QED) is 0.809. The smallest absolute Gasteiger partial charge is 0.201 e. The number of halogens is 2. The van der Waals surface area contributed by atoms with Gasteiger partial charge in [0.15, 0.2) is 0 Å². The van der Waals surface area contributed by atoms with Crippen molar-refractivity contribution in [3.63, 3.8) is 0 Å². The summed E-state index contributed by atoms with van der Waals surface area (Å²) < 4.78 is 3.78. The van der Waals surface area contributed by atoms with E-state index in [1.807, 2.05) is 22.4 Å². The second-order valence-corrected chi connectivity index (χ2v) is 5.39. The van der Waals surface area contributed by atoms with Crippen LogP contribution in [-0.4, -0.2) is 19.3 Å². The van der Waals surface area contributed by atoms with Crippen LogP contribution in [0.4, 0.5) is 5.95 Å². The fourth-order valence-electron chi connectivity index (χ4n) is 2.25. The molecule has 0 fully saturated rings. The first kappa shape index (κ1) is 13.3. The molecule has 20 heavy (non-hydrogen) atoms. The number of fused-ring (bicyclic) bond motifs is 1. The first-order valence-corrected chi connectivity index (χ1v) is 6.89. The number of nitrogens with two attached hydrogens (primary N) is 1. The number of anilines is 1. The highest BCUT2D eigenvalue weighted by Crippen LogP contribution is 2.29. The van der Waals surface area contributed by atoms with Gasteiger partial charge < -0.3 is 10.3 Å². The van der Waals surface area contributed by atoms with Crippen LogP contribution < -0.4 is 5.73 Å². The second-order valence-electron chi connectivity index (χ2n) is 4.57. The molecule has 0 unspecified atom stereocenters. The lowest BCUT2D eigenvalue weighted by Gasteiger charge is -2.07. The van der Waals surface area contributed by atoms with Crippen LogP contribution in [-0.2, 0) is 20.0 Å². The maximum absolute atomic E-state index is 6.07. The van der Waals surface area contributed by atoms with Gasteiger partial charge in [0.2, 0.25) is 5.95 Å². The minimum absolute atomic E-state index is 0.459. The van der Waals surface area contributed by atoms with E-state index in [0.29, 0.717) is 22.5 Å². The van der Waals surface area contributed by atoms with Crippen LogP contribution in [0, 0.1) is 0 Å². The molecule has 7 heteroatoms. The number of benzene rings is 1. The average Bonchev–Trinajstić information content (AvgIpc) is 2.92. The number of hydrogen-bond donors (Lipinski definition) is 1. The minimum Gasteiger partial charge on any atom is -0.369 e. The van der Waals surface area contributed by atoms with Crippen molar-refractivity contribution >= 4 is 40.2 Å². The first-order valence-electron chi connectivity index (χ1n) is 6.14. The normalized spacial score (nSPS) is 11.3. The number of hydrogen-bond acceptors (Lipinski definition) is 3. The molecule has 2 aromatic heterocycles. The lowest BCUT2D eigenvalue weighted by Crippen LogP contribution is -2.08. The maximum atomic E-state index is 6.07. The van der Waals surface area contributed by atoms with Gasteiger partial charge in [0.05, 0.1) is 21.1 Å². The Hall–Kier alpha value is -1.72. The third-order valence-electron chi connectivity index (χ3n) is 3.33. The second kappa shape index (κ2) is 5.00. The van der Waals surface area contributed by atoms with Gasteiger partial charge in [-0.1, -0.05) is 23.2 Å². The van der Waals surface area contributed by atoms with E-state index >= 15 is 0 Å². The Morgan fingerprint density at radius 2 is 2.00 bits per heavy atom. The monoisotopic (exact) mass is 309 g/mol. The molecule has 0 bridgehead atoms. The summed E-state index contributed by atoms with van der Waals surface area (Å²) >= 11 is 12.1. The Balaban J connectivity index is 1.97. The van der Waals surface area contributed by atoms with E-state index in [4.69, 9.17) is 28.9 Å². The SMILES string of the molecule is Cn1nccc1CCn1c(N)nc2cc(Cl)c(Cl)cc21. The van der Waals surface area contributed by atoms with Crippen LogP contribution >= 0.6 is 23.2 Å². The summed E-state index contributed by atoms with van der Waals surface area (Å²) in [5.41, 5.74) is 8.74. The number of nitrogens with zero attached hydrogens (tertiary/aromatic N) is 4. The minimum atomic E-state index is 0.459. The molecule has 104 valence electrons. The van der Waals surface area contributed by atoms with E-state index in [9.17, 15) is 0 Å². The summed E-state index contributed by atoms with van der Waals surface area (Å²) in [5, 5.41) is 5.13. The molecule has 0 spiro atoms. The molecule has 2 heterocycles. The molecule has 5 nitrogen and oxygen atoms in total. The average molecular weight is 310 g/mol. The Kier molecular flexibility index (Phi) is 3.31. The van der Waals surface area contributed by atoms with Crippen molar-refractivity contribution in [2.24, 2.45) is 7.05 Å². The predicted octanol–water partition coefficient (Wildman–Crippen LogP) is 2.90. The van der Waals surface area contributed by atoms with Gasteiger partial charge in [-0.25, -0.2) is 4.98 Å². The fraction of sp³-hybridized carbons (Fsp3) is 0.231. The van der Waals surface area contributed by atoms with Crippen LogP contribution in [0.5, 0.6) is 0 Å². The standard InChI is InChI=1S/C13H13Cl2N5/c1-19-8(2-4-17-19)3-5-20-12-7-10(15)9(14)6-11(12)18-13(20)16/h2,4,6-7H,3,5H2,1H3,(H2,16,18). The number of imidazole rings is 1. The molecule has 3 aromatic rings. The topological polar surface area (TPSA) is 61.7 Å². The van der Waals surface area contributed by atoms with Crippen LogP contribution in [0.15, 0.2) is 24.4 Å². The van der Waals surface area contributed by atoms with Gasteiger partial charge in [-0.15, -0.1) is 0 Å². The summed E-state index contributed by atoms with van der Waals surface area (Å²) in [7, 11) is 1.92. The largest absolute Gasteiger partial charge is 0.369 e. The number of aryl methyl sites for hydroxylation is 3. The highest BCUT2D eigenvalue weighted by molar-refractivity contribution is 6.42. The van der Waals surface area contributed by atoms with Gasteiger partial charge in [-0.05, 0) is 18.2 Å². The number of rotatable bonds is 3. The van der Waals surface area contributed by atoms with Crippen molar-refractivity contribution in [3.8, 4) is 0 Å². The molecule has 0 aliphatic rings. The Morgan fingerprint density at radius 1 is 1.25 bits per heavy atom. The van der Waals surface area contributed by atoms with E-state index in [1.54, 1.807) is 18.3 Å². The molecule has 1 aromatic carbocycles. The van der Waals surface area contributed by atoms with Crippen molar-refractivity contribution in [1.82, 2.24) is 19.3 Å².